The third kappa shape index (κ3) is 4.98. The number of piperazine rings is 1. The molecule has 37 heavy (non-hydrogen) atoms. The second-order valence-corrected chi connectivity index (χ2v) is 11.1. The van der Waals surface area contributed by atoms with Gasteiger partial charge in [0.1, 0.15) is 11.9 Å². The van der Waals surface area contributed by atoms with Crippen molar-refractivity contribution in [2.75, 3.05) is 31.1 Å². The first-order valence-corrected chi connectivity index (χ1v) is 12.4. The van der Waals surface area contributed by atoms with Crippen LogP contribution in [0.15, 0.2) is 18.3 Å². The van der Waals surface area contributed by atoms with Crippen molar-refractivity contribution in [3.63, 3.8) is 0 Å². The van der Waals surface area contributed by atoms with Gasteiger partial charge in [0.25, 0.3) is 0 Å². The summed E-state index contributed by atoms with van der Waals surface area (Å²) in [6.45, 7) is -1.02. The summed E-state index contributed by atoms with van der Waals surface area (Å²) in [5.74, 6) is -0.221. The largest absolute Gasteiger partial charge is 0.417 e. The fourth-order valence-electron chi connectivity index (χ4n) is 7.25. The summed E-state index contributed by atoms with van der Waals surface area (Å²) in [5.41, 5.74) is 4.19. The van der Waals surface area contributed by atoms with Gasteiger partial charge in [-0.15, -0.1) is 0 Å². The van der Waals surface area contributed by atoms with Crippen molar-refractivity contribution in [2.45, 2.75) is 56.5 Å². The maximum atomic E-state index is 14.0. The molecule has 2 amide bonds. The van der Waals surface area contributed by atoms with Gasteiger partial charge in [-0.25, -0.2) is 4.98 Å². The zero-order chi connectivity index (χ0) is 26.8. The Bertz CT molecular complexity index is 1030. The lowest BCUT2D eigenvalue weighted by molar-refractivity contribution is -0.185. The van der Waals surface area contributed by atoms with Gasteiger partial charge >= 0.3 is 12.4 Å². The molecule has 0 spiro atoms. The summed E-state index contributed by atoms with van der Waals surface area (Å²) in [5, 5.41) is 2.97. The first-order valence-electron chi connectivity index (χ1n) is 12.4. The number of carbonyl (C=O) groups is 2. The van der Waals surface area contributed by atoms with Crippen LogP contribution in [-0.4, -0.2) is 66.1 Å². The molecule has 0 radical (unpaired) electrons. The van der Waals surface area contributed by atoms with Gasteiger partial charge in [-0.05, 0) is 62.0 Å². The Hall–Kier alpha value is -2.57. The monoisotopic (exact) mass is 533 g/mol. The van der Waals surface area contributed by atoms with Crippen molar-refractivity contribution < 1.29 is 35.9 Å². The van der Waals surface area contributed by atoms with Crippen LogP contribution in [0.3, 0.4) is 0 Å². The zero-order valence-electron chi connectivity index (χ0n) is 20.0. The van der Waals surface area contributed by atoms with Gasteiger partial charge in [0, 0.05) is 37.3 Å². The fourth-order valence-corrected chi connectivity index (χ4v) is 7.25. The number of nitrogens with zero attached hydrogens (tertiary/aromatic N) is 3. The molecule has 3 unspecified atom stereocenters. The van der Waals surface area contributed by atoms with Crippen LogP contribution < -0.4 is 16.0 Å². The van der Waals surface area contributed by atoms with Crippen LogP contribution in [0, 0.1) is 23.2 Å². The smallest absolute Gasteiger partial charge is 0.369 e. The molecule has 1 aromatic heterocycles. The molecular formula is C24H29F6N5O2. The predicted molar refractivity (Wildman–Crippen MR) is 120 cm³/mol. The normalized spacial score (nSPS) is 34.0. The molecule has 5 aliphatic rings. The van der Waals surface area contributed by atoms with Gasteiger partial charge < -0.3 is 16.0 Å². The van der Waals surface area contributed by atoms with E-state index in [9.17, 15) is 35.9 Å². The minimum Gasteiger partial charge on any atom is -0.369 e. The van der Waals surface area contributed by atoms with E-state index in [4.69, 9.17) is 5.73 Å². The number of hydrogen-bond acceptors (Lipinski definition) is 5. The van der Waals surface area contributed by atoms with Gasteiger partial charge in [0.2, 0.25) is 11.8 Å². The lowest BCUT2D eigenvalue weighted by Crippen LogP contribution is -2.64. The first-order chi connectivity index (χ1) is 17.2. The molecule has 4 bridgehead atoms. The quantitative estimate of drug-likeness (QED) is 0.568. The fraction of sp³-hybridized carbons (Fsp3) is 0.708. The van der Waals surface area contributed by atoms with Crippen molar-refractivity contribution in [1.29, 1.82) is 0 Å². The number of nitrogens with one attached hydrogen (secondary N) is 1. The van der Waals surface area contributed by atoms with Gasteiger partial charge in [-0.2, -0.15) is 26.3 Å². The van der Waals surface area contributed by atoms with Crippen LogP contribution in [0.25, 0.3) is 0 Å². The highest BCUT2D eigenvalue weighted by atomic mass is 19.4. The first kappa shape index (κ1) is 26.1. The zero-order valence-corrected chi connectivity index (χ0v) is 20.0. The number of halogens is 6. The van der Waals surface area contributed by atoms with Crippen molar-refractivity contribution in [2.24, 2.45) is 28.9 Å². The van der Waals surface area contributed by atoms with E-state index in [2.05, 4.69) is 10.3 Å². The number of primary amides is 1. The van der Waals surface area contributed by atoms with Crippen LogP contribution in [0.1, 0.15) is 37.7 Å². The van der Waals surface area contributed by atoms with Crippen LogP contribution in [0.5, 0.6) is 0 Å². The molecule has 4 aliphatic carbocycles. The molecule has 6 rings (SSSR count). The van der Waals surface area contributed by atoms with Crippen molar-refractivity contribution >= 4 is 17.6 Å². The Morgan fingerprint density at radius 3 is 2.27 bits per heavy atom. The third-order valence-corrected chi connectivity index (χ3v) is 8.74. The summed E-state index contributed by atoms with van der Waals surface area (Å²) < 4.78 is 80.3. The Balaban J connectivity index is 1.23. The van der Waals surface area contributed by atoms with Gasteiger partial charge in [-0.1, -0.05) is 0 Å². The van der Waals surface area contributed by atoms with Crippen molar-refractivity contribution in [1.82, 2.24) is 15.2 Å². The Morgan fingerprint density at radius 1 is 1.05 bits per heavy atom. The number of aromatic nitrogens is 1. The topological polar surface area (TPSA) is 91.6 Å². The van der Waals surface area contributed by atoms with Gasteiger partial charge in [0.15, 0.2) is 0 Å². The number of nitrogens with two attached hydrogens (primary N) is 1. The van der Waals surface area contributed by atoms with Crippen LogP contribution >= 0.6 is 0 Å². The number of alkyl halides is 6. The summed E-state index contributed by atoms with van der Waals surface area (Å²) >= 11 is 0. The maximum absolute atomic E-state index is 14.0. The average molecular weight is 534 g/mol. The molecule has 7 nitrogen and oxygen atoms in total. The SMILES string of the molecule is NC(=O)C12CC3CC(C1)C(NC(=O)CN1CCN(c4ccc(C(F)(F)F)cn4)CC1C(F)(F)F)C(C3)C2. The lowest BCUT2D eigenvalue weighted by atomic mass is 9.47. The Kier molecular flexibility index (Phi) is 6.35. The second kappa shape index (κ2) is 9.02. The molecule has 1 aliphatic heterocycles. The standard InChI is InChI=1S/C24H29F6N5O2/c25-23(26,27)16-1-2-18(32-10-16)35-4-3-34(17(11-35)24(28,29)30)12-19(36)33-20-14-5-13-6-15(20)9-22(7-13,8-14)21(31)37/h1-2,10,13-15,17,20H,3-9,11-12H2,(H2,31,37)(H,33,36). The highest BCUT2D eigenvalue weighted by Gasteiger charge is 2.58. The van der Waals surface area contributed by atoms with E-state index < -0.39 is 48.4 Å². The highest BCUT2D eigenvalue weighted by Crippen LogP contribution is 2.59. The molecule has 2 heterocycles. The molecule has 3 atom stereocenters. The van der Waals surface area contributed by atoms with Gasteiger partial charge in [-0.3, -0.25) is 14.5 Å². The molecule has 4 saturated carbocycles. The van der Waals surface area contributed by atoms with E-state index in [0.29, 0.717) is 25.0 Å². The summed E-state index contributed by atoms with van der Waals surface area (Å²) in [4.78, 5) is 31.1. The molecule has 1 saturated heterocycles. The number of rotatable bonds is 5. The Labute approximate surface area is 209 Å². The minimum atomic E-state index is -4.65. The summed E-state index contributed by atoms with van der Waals surface area (Å²) in [6.07, 6.45) is -4.91. The van der Waals surface area contributed by atoms with E-state index in [-0.39, 0.29) is 42.7 Å². The Morgan fingerprint density at radius 2 is 1.73 bits per heavy atom. The van der Waals surface area contributed by atoms with Crippen LogP contribution in [-0.2, 0) is 15.8 Å². The maximum Gasteiger partial charge on any atom is 0.417 e. The molecule has 5 fully saturated rings. The van der Waals surface area contributed by atoms with E-state index in [1.54, 1.807) is 0 Å². The van der Waals surface area contributed by atoms with E-state index >= 15 is 0 Å². The van der Waals surface area contributed by atoms with Crippen molar-refractivity contribution in [3.05, 3.63) is 23.9 Å². The lowest BCUT2D eigenvalue weighted by Gasteiger charge is -2.58. The predicted octanol–water partition coefficient (Wildman–Crippen LogP) is 2.95. The molecular weight excluding hydrogens is 504 g/mol. The number of carbonyl (C=O) groups excluding carboxylic acids is 2. The van der Waals surface area contributed by atoms with Crippen LogP contribution in [0.4, 0.5) is 32.2 Å². The number of hydrogen-bond donors (Lipinski definition) is 2. The highest BCUT2D eigenvalue weighted by molar-refractivity contribution is 5.82. The van der Waals surface area contributed by atoms with Gasteiger partial charge in [0.05, 0.1) is 12.1 Å². The number of anilines is 1. The van der Waals surface area contributed by atoms with Crippen molar-refractivity contribution in [3.8, 4) is 0 Å². The molecule has 204 valence electrons. The molecule has 13 heteroatoms. The number of pyridine rings is 1. The van der Waals surface area contributed by atoms with Crippen LogP contribution in [0.2, 0.25) is 0 Å². The molecule has 1 aromatic rings. The minimum absolute atomic E-state index is 0.0170. The van der Waals surface area contributed by atoms with E-state index in [0.717, 1.165) is 36.3 Å². The average Bonchev–Trinajstić information content (AvgIpc) is 2.80. The summed E-state index contributed by atoms with van der Waals surface area (Å²) in [6, 6.07) is -0.312. The number of amides is 2. The molecule has 3 N–H and O–H groups in total. The molecule has 0 aromatic carbocycles. The third-order valence-electron chi connectivity index (χ3n) is 8.74. The second-order valence-electron chi connectivity index (χ2n) is 11.1. The van der Waals surface area contributed by atoms with E-state index in [1.807, 2.05) is 0 Å². The van der Waals surface area contributed by atoms with E-state index in [1.165, 1.54) is 4.90 Å². The summed E-state index contributed by atoms with van der Waals surface area (Å²) in [7, 11) is 0.